The molecule has 2 aromatic rings. The Labute approximate surface area is 129 Å². The van der Waals surface area contributed by atoms with Crippen LogP contribution in [0.5, 0.6) is 0 Å². The molecule has 0 unspecified atom stereocenters. The van der Waals surface area contributed by atoms with E-state index < -0.39 is 22.4 Å². The number of anilines is 1. The molecule has 23 heavy (non-hydrogen) atoms. The number of hydrogen-bond acceptors (Lipinski definition) is 4. The fraction of sp³-hybridized carbons (Fsp3) is 0.214. The van der Waals surface area contributed by atoms with Gasteiger partial charge in [-0.15, -0.1) is 0 Å². The number of aryl methyl sites for hydroxylation is 2. The summed E-state index contributed by atoms with van der Waals surface area (Å²) in [5, 5.41) is 14.8. The van der Waals surface area contributed by atoms with E-state index in [1.54, 1.807) is 0 Å². The molecular formula is C14H13F3N4O2. The van der Waals surface area contributed by atoms with Crippen molar-refractivity contribution in [3.63, 3.8) is 0 Å². The predicted octanol–water partition coefficient (Wildman–Crippen LogP) is 4.00. The van der Waals surface area contributed by atoms with Crippen molar-refractivity contribution in [3.05, 3.63) is 56.9 Å². The largest absolute Gasteiger partial charge is 0.416 e. The van der Waals surface area contributed by atoms with Crippen LogP contribution < -0.4 is 5.43 Å². The number of alkyl halides is 3. The number of nitro benzene ring substituents is 1. The van der Waals surface area contributed by atoms with Crippen molar-refractivity contribution in [2.75, 3.05) is 5.43 Å². The molecule has 1 aromatic carbocycles. The molecule has 9 heteroatoms. The molecule has 0 aliphatic carbocycles. The topological polar surface area (TPSA) is 83.3 Å². The average Bonchev–Trinajstić information content (AvgIpc) is 2.76. The summed E-state index contributed by atoms with van der Waals surface area (Å²) >= 11 is 0. The summed E-state index contributed by atoms with van der Waals surface area (Å²) in [6, 6.07) is 4.10. The van der Waals surface area contributed by atoms with Gasteiger partial charge in [-0.3, -0.25) is 15.5 Å². The van der Waals surface area contributed by atoms with Crippen LogP contribution in [0.3, 0.4) is 0 Å². The summed E-state index contributed by atoms with van der Waals surface area (Å²) in [5.41, 5.74) is 3.03. The van der Waals surface area contributed by atoms with Gasteiger partial charge in [-0.2, -0.15) is 18.3 Å². The van der Waals surface area contributed by atoms with Gasteiger partial charge < -0.3 is 4.98 Å². The third-order valence-corrected chi connectivity index (χ3v) is 3.09. The number of nitrogens with zero attached hydrogens (tertiary/aromatic N) is 2. The third-order valence-electron chi connectivity index (χ3n) is 3.09. The summed E-state index contributed by atoms with van der Waals surface area (Å²) in [4.78, 5) is 13.1. The first-order chi connectivity index (χ1) is 10.7. The van der Waals surface area contributed by atoms with E-state index >= 15 is 0 Å². The maximum absolute atomic E-state index is 12.6. The fourth-order valence-electron chi connectivity index (χ4n) is 2.00. The van der Waals surface area contributed by atoms with E-state index in [4.69, 9.17) is 0 Å². The normalized spacial score (nSPS) is 11.9. The van der Waals surface area contributed by atoms with E-state index in [0.29, 0.717) is 11.8 Å². The van der Waals surface area contributed by atoms with Gasteiger partial charge >= 0.3 is 6.18 Å². The summed E-state index contributed by atoms with van der Waals surface area (Å²) < 4.78 is 37.8. The smallest absolute Gasteiger partial charge is 0.358 e. The molecule has 122 valence electrons. The van der Waals surface area contributed by atoms with Crippen LogP contribution in [-0.4, -0.2) is 16.1 Å². The lowest BCUT2D eigenvalue weighted by molar-refractivity contribution is -0.384. The minimum atomic E-state index is -4.65. The van der Waals surface area contributed by atoms with E-state index in [1.807, 2.05) is 19.9 Å². The van der Waals surface area contributed by atoms with Crippen molar-refractivity contribution in [1.82, 2.24) is 4.98 Å². The van der Waals surface area contributed by atoms with Gasteiger partial charge in [0.25, 0.3) is 5.69 Å². The summed E-state index contributed by atoms with van der Waals surface area (Å²) in [7, 11) is 0. The van der Waals surface area contributed by atoms with Crippen molar-refractivity contribution >= 4 is 17.6 Å². The first kappa shape index (κ1) is 16.5. The highest BCUT2D eigenvalue weighted by Gasteiger charge is 2.33. The van der Waals surface area contributed by atoms with Gasteiger partial charge in [0.2, 0.25) is 0 Å². The van der Waals surface area contributed by atoms with Crippen LogP contribution >= 0.6 is 0 Å². The maximum atomic E-state index is 12.6. The van der Waals surface area contributed by atoms with Crippen LogP contribution in [0.25, 0.3) is 0 Å². The second-order valence-electron chi connectivity index (χ2n) is 4.91. The molecule has 0 aliphatic heterocycles. The van der Waals surface area contributed by atoms with Gasteiger partial charge in [0, 0.05) is 11.8 Å². The molecule has 0 saturated carbocycles. The Morgan fingerprint density at radius 2 is 2.00 bits per heavy atom. The predicted molar refractivity (Wildman–Crippen MR) is 79.6 cm³/mol. The molecule has 0 bridgehead atoms. The molecule has 0 fully saturated rings. The van der Waals surface area contributed by atoms with Gasteiger partial charge in [0.1, 0.15) is 5.69 Å². The Morgan fingerprint density at radius 3 is 2.52 bits per heavy atom. The van der Waals surface area contributed by atoms with E-state index in [1.165, 1.54) is 6.21 Å². The molecule has 0 spiro atoms. The maximum Gasteiger partial charge on any atom is 0.416 e. The van der Waals surface area contributed by atoms with Crippen LogP contribution in [0.15, 0.2) is 29.4 Å². The highest BCUT2D eigenvalue weighted by atomic mass is 19.4. The Bertz CT molecular complexity index is 766. The zero-order valence-electron chi connectivity index (χ0n) is 12.2. The molecule has 2 rings (SSSR count). The SMILES string of the molecule is Cc1cc(C)c(C=NNc2ccc(C(F)(F)F)cc2[N+](=O)[O-])[nH]1. The number of nitrogens with one attached hydrogen (secondary N) is 2. The summed E-state index contributed by atoms with van der Waals surface area (Å²) in [6.45, 7) is 3.71. The van der Waals surface area contributed by atoms with Gasteiger partial charge in [0.05, 0.1) is 22.4 Å². The lowest BCUT2D eigenvalue weighted by Gasteiger charge is -2.08. The Morgan fingerprint density at radius 1 is 1.30 bits per heavy atom. The number of halogens is 3. The lowest BCUT2D eigenvalue weighted by atomic mass is 10.1. The van der Waals surface area contributed by atoms with Crippen LogP contribution in [0.4, 0.5) is 24.5 Å². The Balaban J connectivity index is 2.26. The number of hydrogen-bond donors (Lipinski definition) is 2. The van der Waals surface area contributed by atoms with E-state index in [0.717, 1.165) is 23.4 Å². The van der Waals surface area contributed by atoms with Crippen LogP contribution in [0, 0.1) is 24.0 Å². The van der Waals surface area contributed by atoms with Crippen molar-refractivity contribution in [2.45, 2.75) is 20.0 Å². The number of rotatable bonds is 4. The molecule has 0 aliphatic rings. The summed E-state index contributed by atoms with van der Waals surface area (Å²) in [5.74, 6) is 0. The van der Waals surface area contributed by atoms with Crippen LogP contribution in [-0.2, 0) is 6.18 Å². The standard InChI is InChI=1S/C14H13F3N4O2/c1-8-5-9(2)19-12(8)7-18-20-11-4-3-10(14(15,16)17)6-13(11)21(22)23/h3-7,19-20H,1-2H3. The summed E-state index contributed by atoms with van der Waals surface area (Å²) in [6.07, 6.45) is -3.24. The van der Waals surface area contributed by atoms with Gasteiger partial charge in [0.15, 0.2) is 0 Å². The van der Waals surface area contributed by atoms with Crippen molar-refractivity contribution < 1.29 is 18.1 Å². The van der Waals surface area contributed by atoms with Gasteiger partial charge in [-0.25, -0.2) is 0 Å². The van der Waals surface area contributed by atoms with Crippen molar-refractivity contribution in [1.29, 1.82) is 0 Å². The zero-order valence-corrected chi connectivity index (χ0v) is 12.2. The number of benzene rings is 1. The highest BCUT2D eigenvalue weighted by Crippen LogP contribution is 2.34. The first-order valence-electron chi connectivity index (χ1n) is 6.49. The van der Waals surface area contributed by atoms with Crippen molar-refractivity contribution in [3.8, 4) is 0 Å². The molecule has 0 saturated heterocycles. The molecule has 1 heterocycles. The van der Waals surface area contributed by atoms with E-state index in [-0.39, 0.29) is 5.69 Å². The molecule has 2 N–H and O–H groups in total. The average molecular weight is 326 g/mol. The first-order valence-corrected chi connectivity index (χ1v) is 6.49. The molecular weight excluding hydrogens is 313 g/mol. The monoisotopic (exact) mass is 326 g/mol. The fourth-order valence-corrected chi connectivity index (χ4v) is 2.00. The number of aromatic amines is 1. The van der Waals surface area contributed by atoms with Gasteiger partial charge in [-0.05, 0) is 37.6 Å². The van der Waals surface area contributed by atoms with Crippen LogP contribution in [0.2, 0.25) is 0 Å². The minimum Gasteiger partial charge on any atom is -0.358 e. The quantitative estimate of drug-likeness (QED) is 0.506. The van der Waals surface area contributed by atoms with E-state index in [2.05, 4.69) is 15.5 Å². The van der Waals surface area contributed by atoms with Crippen LogP contribution in [0.1, 0.15) is 22.5 Å². The number of hydrazone groups is 1. The minimum absolute atomic E-state index is 0.125. The molecule has 0 atom stereocenters. The second-order valence-corrected chi connectivity index (χ2v) is 4.91. The highest BCUT2D eigenvalue weighted by molar-refractivity contribution is 5.80. The Kier molecular flexibility index (Phi) is 4.39. The van der Waals surface area contributed by atoms with Gasteiger partial charge in [-0.1, -0.05) is 0 Å². The van der Waals surface area contributed by atoms with E-state index in [9.17, 15) is 23.3 Å². The zero-order chi connectivity index (χ0) is 17.2. The Hall–Kier alpha value is -2.84. The third kappa shape index (κ3) is 3.87. The lowest BCUT2D eigenvalue weighted by Crippen LogP contribution is -2.06. The molecule has 0 amide bonds. The van der Waals surface area contributed by atoms with Crippen molar-refractivity contribution in [2.24, 2.45) is 5.10 Å². The molecule has 0 radical (unpaired) electrons. The number of aromatic nitrogens is 1. The number of nitro groups is 1. The molecule has 1 aromatic heterocycles. The molecule has 6 nitrogen and oxygen atoms in total. The second kappa shape index (κ2) is 6.11. The number of H-pyrrole nitrogens is 1.